The first-order valence-corrected chi connectivity index (χ1v) is 6.19. The maximum Gasteiger partial charge on any atom is 0.347 e. The standard InChI is InChI=1S/C13H22O6/c1-13(2,3)19-11(15)8-6-5-7-10(18-9-14)12(16)17-4/h9-10H,5-8H2,1-4H3. The van der Waals surface area contributed by atoms with Crippen molar-refractivity contribution in [3.63, 3.8) is 0 Å². The van der Waals surface area contributed by atoms with E-state index < -0.39 is 17.7 Å². The molecule has 110 valence electrons. The molecule has 0 bridgehead atoms. The van der Waals surface area contributed by atoms with Gasteiger partial charge in [-0.25, -0.2) is 4.79 Å². The van der Waals surface area contributed by atoms with Crippen LogP contribution in [-0.2, 0) is 28.6 Å². The van der Waals surface area contributed by atoms with E-state index >= 15 is 0 Å². The predicted octanol–water partition coefficient (Wildman–Crippen LogP) is 1.60. The van der Waals surface area contributed by atoms with Crippen molar-refractivity contribution in [2.24, 2.45) is 0 Å². The Kier molecular flexibility index (Phi) is 7.79. The molecule has 0 aliphatic heterocycles. The van der Waals surface area contributed by atoms with E-state index in [1.54, 1.807) is 20.8 Å². The Hall–Kier alpha value is -1.59. The fourth-order valence-corrected chi connectivity index (χ4v) is 1.43. The summed E-state index contributed by atoms with van der Waals surface area (Å²) < 4.78 is 14.2. The van der Waals surface area contributed by atoms with Crippen molar-refractivity contribution in [1.29, 1.82) is 0 Å². The molecule has 0 fully saturated rings. The SMILES string of the molecule is COC(=O)C(CCCCC(=O)OC(C)(C)C)OC=O. The third kappa shape index (κ3) is 9.04. The van der Waals surface area contributed by atoms with Crippen LogP contribution in [0.1, 0.15) is 46.5 Å². The summed E-state index contributed by atoms with van der Waals surface area (Å²) in [6, 6.07) is 0. The van der Waals surface area contributed by atoms with Crippen molar-refractivity contribution in [2.75, 3.05) is 7.11 Å². The highest BCUT2D eigenvalue weighted by molar-refractivity contribution is 5.75. The zero-order chi connectivity index (χ0) is 14.9. The van der Waals surface area contributed by atoms with Crippen molar-refractivity contribution in [3.8, 4) is 0 Å². The van der Waals surface area contributed by atoms with Gasteiger partial charge in [-0.1, -0.05) is 0 Å². The number of esters is 2. The third-order valence-electron chi connectivity index (χ3n) is 2.20. The molecule has 0 aromatic carbocycles. The van der Waals surface area contributed by atoms with Crippen molar-refractivity contribution >= 4 is 18.4 Å². The van der Waals surface area contributed by atoms with Gasteiger partial charge in [0, 0.05) is 6.42 Å². The van der Waals surface area contributed by atoms with Gasteiger partial charge in [0.25, 0.3) is 6.47 Å². The van der Waals surface area contributed by atoms with Gasteiger partial charge in [-0.2, -0.15) is 0 Å². The molecule has 0 spiro atoms. The predicted molar refractivity (Wildman–Crippen MR) is 67.3 cm³/mol. The second kappa shape index (κ2) is 8.50. The van der Waals surface area contributed by atoms with Crippen LogP contribution in [0.5, 0.6) is 0 Å². The Bertz CT molecular complexity index is 305. The van der Waals surface area contributed by atoms with Crippen LogP contribution in [0.3, 0.4) is 0 Å². The second-order valence-electron chi connectivity index (χ2n) is 5.08. The number of carbonyl (C=O) groups is 3. The Labute approximate surface area is 113 Å². The van der Waals surface area contributed by atoms with Crippen molar-refractivity contribution in [1.82, 2.24) is 0 Å². The monoisotopic (exact) mass is 274 g/mol. The molecule has 0 amide bonds. The fraction of sp³-hybridized carbons (Fsp3) is 0.769. The van der Waals surface area contributed by atoms with E-state index in [1.165, 1.54) is 7.11 Å². The normalized spacial score (nSPS) is 12.4. The van der Waals surface area contributed by atoms with E-state index in [1.807, 2.05) is 0 Å². The summed E-state index contributed by atoms with van der Waals surface area (Å²) in [4.78, 5) is 32.9. The van der Waals surface area contributed by atoms with Crippen LogP contribution in [0.25, 0.3) is 0 Å². The van der Waals surface area contributed by atoms with Gasteiger partial charge >= 0.3 is 11.9 Å². The highest BCUT2D eigenvalue weighted by Crippen LogP contribution is 2.12. The minimum Gasteiger partial charge on any atom is -0.466 e. The second-order valence-corrected chi connectivity index (χ2v) is 5.08. The van der Waals surface area contributed by atoms with E-state index in [-0.39, 0.29) is 18.9 Å². The number of hydrogen-bond donors (Lipinski definition) is 0. The molecule has 0 heterocycles. The lowest BCUT2D eigenvalue weighted by Gasteiger charge is -2.19. The van der Waals surface area contributed by atoms with Crippen LogP contribution in [0, 0.1) is 0 Å². The molecule has 0 saturated heterocycles. The number of unbranched alkanes of at least 4 members (excludes halogenated alkanes) is 1. The Morgan fingerprint density at radius 2 is 1.84 bits per heavy atom. The van der Waals surface area contributed by atoms with E-state index in [0.717, 1.165) is 0 Å². The van der Waals surface area contributed by atoms with E-state index in [0.29, 0.717) is 19.3 Å². The van der Waals surface area contributed by atoms with E-state index in [4.69, 9.17) is 4.74 Å². The highest BCUT2D eigenvalue weighted by Gasteiger charge is 2.20. The summed E-state index contributed by atoms with van der Waals surface area (Å²) in [7, 11) is 1.23. The largest absolute Gasteiger partial charge is 0.466 e. The van der Waals surface area contributed by atoms with Gasteiger partial charge in [-0.05, 0) is 40.0 Å². The lowest BCUT2D eigenvalue weighted by Crippen LogP contribution is -2.25. The lowest BCUT2D eigenvalue weighted by molar-refractivity contribution is -0.159. The lowest BCUT2D eigenvalue weighted by atomic mass is 10.1. The number of rotatable bonds is 8. The number of carbonyl (C=O) groups excluding carboxylic acids is 3. The summed E-state index contributed by atoms with van der Waals surface area (Å²) in [5.41, 5.74) is -0.494. The van der Waals surface area contributed by atoms with Crippen LogP contribution in [0.2, 0.25) is 0 Å². The number of hydrogen-bond acceptors (Lipinski definition) is 6. The van der Waals surface area contributed by atoms with Gasteiger partial charge in [-0.3, -0.25) is 9.59 Å². The van der Waals surface area contributed by atoms with Gasteiger partial charge in [0.2, 0.25) is 0 Å². The van der Waals surface area contributed by atoms with Crippen molar-refractivity contribution in [2.45, 2.75) is 58.2 Å². The van der Waals surface area contributed by atoms with Crippen LogP contribution < -0.4 is 0 Å². The van der Waals surface area contributed by atoms with Crippen molar-refractivity contribution in [3.05, 3.63) is 0 Å². The van der Waals surface area contributed by atoms with Gasteiger partial charge in [0.1, 0.15) is 5.60 Å². The van der Waals surface area contributed by atoms with Gasteiger partial charge in [-0.15, -0.1) is 0 Å². The van der Waals surface area contributed by atoms with Crippen molar-refractivity contribution < 1.29 is 28.6 Å². The summed E-state index contributed by atoms with van der Waals surface area (Å²) in [6.07, 6.45) is 0.818. The van der Waals surface area contributed by atoms with Gasteiger partial charge in [0.05, 0.1) is 7.11 Å². The average molecular weight is 274 g/mol. The first-order chi connectivity index (χ1) is 8.80. The molecular formula is C13H22O6. The first-order valence-electron chi connectivity index (χ1n) is 6.19. The Balaban J connectivity index is 3.91. The van der Waals surface area contributed by atoms with Crippen LogP contribution in [0.15, 0.2) is 0 Å². The summed E-state index contributed by atoms with van der Waals surface area (Å²) in [5.74, 6) is -0.872. The molecule has 1 unspecified atom stereocenters. The average Bonchev–Trinajstić information content (AvgIpc) is 2.30. The van der Waals surface area contributed by atoms with Crippen LogP contribution in [0.4, 0.5) is 0 Å². The molecular weight excluding hydrogens is 252 g/mol. The summed E-state index contributed by atoms with van der Waals surface area (Å²) in [5, 5.41) is 0. The smallest absolute Gasteiger partial charge is 0.347 e. The zero-order valence-electron chi connectivity index (χ0n) is 11.9. The molecule has 6 nitrogen and oxygen atoms in total. The molecule has 0 N–H and O–H groups in total. The molecule has 0 aromatic heterocycles. The number of ether oxygens (including phenoxy) is 3. The molecule has 0 radical (unpaired) electrons. The minimum absolute atomic E-state index is 0.218. The Morgan fingerprint density at radius 3 is 2.32 bits per heavy atom. The summed E-state index contributed by atoms with van der Waals surface area (Å²) in [6.45, 7) is 5.62. The number of methoxy groups -OCH3 is 1. The topological polar surface area (TPSA) is 78.9 Å². The molecule has 0 aliphatic carbocycles. The fourth-order valence-electron chi connectivity index (χ4n) is 1.43. The first kappa shape index (κ1) is 17.4. The van der Waals surface area contributed by atoms with E-state index in [9.17, 15) is 14.4 Å². The highest BCUT2D eigenvalue weighted by atomic mass is 16.6. The Morgan fingerprint density at radius 1 is 1.21 bits per heavy atom. The quantitative estimate of drug-likeness (QED) is 0.289. The molecule has 19 heavy (non-hydrogen) atoms. The third-order valence-corrected chi connectivity index (χ3v) is 2.20. The molecule has 1 atom stereocenters. The van der Waals surface area contributed by atoms with Crippen LogP contribution in [-0.4, -0.2) is 37.2 Å². The molecule has 6 heteroatoms. The molecule has 0 saturated carbocycles. The summed E-state index contributed by atoms with van der Waals surface area (Å²) >= 11 is 0. The van der Waals surface area contributed by atoms with Crippen LogP contribution >= 0.6 is 0 Å². The maximum absolute atomic E-state index is 11.4. The molecule has 0 aliphatic rings. The van der Waals surface area contributed by atoms with E-state index in [2.05, 4.69) is 9.47 Å². The van der Waals surface area contributed by atoms with Gasteiger partial charge in [0.15, 0.2) is 6.10 Å². The zero-order valence-corrected chi connectivity index (χ0v) is 11.9. The molecule has 0 rings (SSSR count). The molecule has 0 aromatic rings. The van der Waals surface area contributed by atoms with Gasteiger partial charge < -0.3 is 14.2 Å². The minimum atomic E-state index is -0.902. The maximum atomic E-state index is 11.4.